The van der Waals surface area contributed by atoms with Gasteiger partial charge in [-0.25, -0.2) is 4.98 Å². The molecule has 23 heavy (non-hydrogen) atoms. The zero-order valence-electron chi connectivity index (χ0n) is 12.8. The van der Waals surface area contributed by atoms with Gasteiger partial charge in [0.25, 0.3) is 0 Å². The second kappa shape index (κ2) is 7.60. The topological polar surface area (TPSA) is 74.3 Å². The van der Waals surface area contributed by atoms with E-state index in [4.69, 9.17) is 11.6 Å². The van der Waals surface area contributed by atoms with Crippen LogP contribution in [0.1, 0.15) is 5.56 Å². The highest BCUT2D eigenvalue weighted by Gasteiger charge is 2.13. The number of hydrogen-bond donors (Lipinski definition) is 2. The molecule has 2 aromatic rings. The highest BCUT2D eigenvalue weighted by molar-refractivity contribution is 6.39. The van der Waals surface area contributed by atoms with Gasteiger partial charge in [0.05, 0.1) is 11.9 Å². The number of pyridine rings is 1. The highest BCUT2D eigenvalue weighted by atomic mass is 35.5. The monoisotopic (exact) mass is 332 g/mol. The van der Waals surface area contributed by atoms with Gasteiger partial charge in [-0.2, -0.15) is 0 Å². The normalized spacial score (nSPS) is 10.0. The molecule has 2 rings (SSSR count). The van der Waals surface area contributed by atoms with Gasteiger partial charge in [-0.05, 0) is 29.8 Å². The molecule has 0 saturated carbocycles. The minimum Gasteiger partial charge on any atom is -0.363 e. The molecule has 0 atom stereocenters. The fourth-order valence-electron chi connectivity index (χ4n) is 1.78. The summed E-state index contributed by atoms with van der Waals surface area (Å²) in [5.41, 5.74) is 1.31. The molecule has 0 bridgehead atoms. The standard InChI is InChI=1S/C16H17ClN4O2/c1-21(2)14-8-7-13(10-18-14)20-16(23)15(22)19-9-11-3-5-12(17)6-4-11/h3-8,10H,9H2,1-2H3,(H,19,22)(H,20,23). The van der Waals surface area contributed by atoms with Crippen LogP contribution in [0.5, 0.6) is 0 Å². The van der Waals surface area contributed by atoms with Crippen LogP contribution in [-0.4, -0.2) is 30.9 Å². The molecule has 1 aromatic heterocycles. The number of halogens is 1. The Morgan fingerprint density at radius 2 is 1.78 bits per heavy atom. The molecule has 0 aliphatic heterocycles. The summed E-state index contributed by atoms with van der Waals surface area (Å²) in [5.74, 6) is -0.690. The van der Waals surface area contributed by atoms with Gasteiger partial charge in [0.2, 0.25) is 0 Å². The van der Waals surface area contributed by atoms with Crippen LogP contribution in [0, 0.1) is 0 Å². The van der Waals surface area contributed by atoms with Gasteiger partial charge in [0.15, 0.2) is 0 Å². The summed E-state index contributed by atoms with van der Waals surface area (Å²) >= 11 is 5.79. The Kier molecular flexibility index (Phi) is 5.54. The highest BCUT2D eigenvalue weighted by Crippen LogP contribution is 2.12. The van der Waals surface area contributed by atoms with Gasteiger partial charge in [-0.15, -0.1) is 0 Å². The second-order valence-corrected chi connectivity index (χ2v) is 5.50. The molecule has 2 N–H and O–H groups in total. The first-order valence-electron chi connectivity index (χ1n) is 6.92. The Bertz CT molecular complexity index is 684. The number of nitrogens with one attached hydrogen (secondary N) is 2. The van der Waals surface area contributed by atoms with E-state index in [0.29, 0.717) is 10.7 Å². The van der Waals surface area contributed by atoms with Crippen LogP contribution < -0.4 is 15.5 Å². The molecule has 0 aliphatic carbocycles. The van der Waals surface area contributed by atoms with E-state index in [-0.39, 0.29) is 6.54 Å². The summed E-state index contributed by atoms with van der Waals surface area (Å²) in [7, 11) is 3.73. The Morgan fingerprint density at radius 1 is 1.09 bits per heavy atom. The predicted molar refractivity (Wildman–Crippen MR) is 90.5 cm³/mol. The third-order valence-electron chi connectivity index (χ3n) is 3.04. The molecule has 7 heteroatoms. The Hall–Kier alpha value is -2.60. The molecule has 1 heterocycles. The summed E-state index contributed by atoms with van der Waals surface area (Å²) in [6.07, 6.45) is 1.50. The molecule has 0 unspecified atom stereocenters. The van der Waals surface area contributed by atoms with Crippen LogP contribution in [0.15, 0.2) is 42.6 Å². The molecule has 1 aromatic carbocycles. The lowest BCUT2D eigenvalue weighted by atomic mass is 10.2. The van der Waals surface area contributed by atoms with E-state index in [1.807, 2.05) is 19.0 Å². The zero-order valence-corrected chi connectivity index (χ0v) is 13.6. The zero-order chi connectivity index (χ0) is 16.8. The van der Waals surface area contributed by atoms with Gasteiger partial charge in [0, 0.05) is 25.7 Å². The molecule has 0 radical (unpaired) electrons. The second-order valence-electron chi connectivity index (χ2n) is 5.06. The van der Waals surface area contributed by atoms with Crippen molar-refractivity contribution in [2.24, 2.45) is 0 Å². The summed E-state index contributed by atoms with van der Waals surface area (Å²) < 4.78 is 0. The molecular formula is C16H17ClN4O2. The lowest BCUT2D eigenvalue weighted by Gasteiger charge is -2.11. The van der Waals surface area contributed by atoms with Gasteiger partial charge in [0.1, 0.15) is 5.82 Å². The number of anilines is 2. The quantitative estimate of drug-likeness (QED) is 0.840. The van der Waals surface area contributed by atoms with E-state index >= 15 is 0 Å². The summed E-state index contributed by atoms with van der Waals surface area (Å²) in [4.78, 5) is 29.6. The molecular weight excluding hydrogens is 316 g/mol. The summed E-state index contributed by atoms with van der Waals surface area (Å²) in [5, 5.41) is 5.66. The first-order chi connectivity index (χ1) is 11.0. The van der Waals surface area contributed by atoms with E-state index in [2.05, 4.69) is 15.6 Å². The first-order valence-corrected chi connectivity index (χ1v) is 7.30. The van der Waals surface area contributed by atoms with Crippen molar-refractivity contribution in [3.05, 3.63) is 53.2 Å². The van der Waals surface area contributed by atoms with E-state index in [9.17, 15) is 9.59 Å². The minimum atomic E-state index is -0.738. The molecule has 0 fully saturated rings. The van der Waals surface area contributed by atoms with E-state index in [1.165, 1.54) is 6.20 Å². The molecule has 2 amide bonds. The largest absolute Gasteiger partial charge is 0.363 e. The van der Waals surface area contributed by atoms with Crippen LogP contribution in [0.3, 0.4) is 0 Å². The molecule has 0 aliphatic rings. The number of amides is 2. The van der Waals surface area contributed by atoms with Gasteiger partial charge >= 0.3 is 11.8 Å². The van der Waals surface area contributed by atoms with E-state index in [1.54, 1.807) is 36.4 Å². The third kappa shape index (κ3) is 4.96. The fraction of sp³-hybridized carbons (Fsp3) is 0.188. The number of carbonyl (C=O) groups excluding carboxylic acids is 2. The van der Waals surface area contributed by atoms with Crippen molar-refractivity contribution in [2.75, 3.05) is 24.3 Å². The van der Waals surface area contributed by atoms with Crippen molar-refractivity contribution in [3.63, 3.8) is 0 Å². The summed E-state index contributed by atoms with van der Waals surface area (Å²) in [6.45, 7) is 0.251. The maximum Gasteiger partial charge on any atom is 0.313 e. The number of aromatic nitrogens is 1. The average molecular weight is 333 g/mol. The van der Waals surface area contributed by atoms with Crippen LogP contribution in [0.2, 0.25) is 5.02 Å². The van der Waals surface area contributed by atoms with Crippen molar-refractivity contribution >= 4 is 34.9 Å². The molecule has 0 saturated heterocycles. The predicted octanol–water partition coefficient (Wildman–Crippen LogP) is 2.06. The smallest absolute Gasteiger partial charge is 0.313 e. The number of benzene rings is 1. The van der Waals surface area contributed by atoms with Gasteiger partial charge in [-0.3, -0.25) is 9.59 Å². The first kappa shape index (κ1) is 16.8. The van der Waals surface area contributed by atoms with Crippen LogP contribution >= 0.6 is 11.6 Å². The Morgan fingerprint density at radius 3 is 2.35 bits per heavy atom. The average Bonchev–Trinajstić information content (AvgIpc) is 2.54. The fourth-order valence-corrected chi connectivity index (χ4v) is 1.90. The van der Waals surface area contributed by atoms with Crippen molar-refractivity contribution in [1.82, 2.24) is 10.3 Å². The van der Waals surface area contributed by atoms with Crippen molar-refractivity contribution in [1.29, 1.82) is 0 Å². The lowest BCUT2D eigenvalue weighted by molar-refractivity contribution is -0.136. The minimum absolute atomic E-state index is 0.251. The molecule has 0 spiro atoms. The number of carbonyl (C=O) groups is 2. The summed E-state index contributed by atoms with van der Waals surface area (Å²) in [6, 6.07) is 10.4. The number of rotatable bonds is 4. The van der Waals surface area contributed by atoms with Crippen LogP contribution in [0.4, 0.5) is 11.5 Å². The maximum absolute atomic E-state index is 11.8. The maximum atomic E-state index is 11.8. The Balaban J connectivity index is 1.87. The van der Waals surface area contributed by atoms with E-state index < -0.39 is 11.8 Å². The molecule has 6 nitrogen and oxygen atoms in total. The number of nitrogens with zero attached hydrogens (tertiary/aromatic N) is 2. The van der Waals surface area contributed by atoms with E-state index in [0.717, 1.165) is 11.4 Å². The lowest BCUT2D eigenvalue weighted by Crippen LogP contribution is -2.35. The van der Waals surface area contributed by atoms with Gasteiger partial charge in [-0.1, -0.05) is 23.7 Å². The van der Waals surface area contributed by atoms with Crippen molar-refractivity contribution in [2.45, 2.75) is 6.54 Å². The third-order valence-corrected chi connectivity index (χ3v) is 3.29. The SMILES string of the molecule is CN(C)c1ccc(NC(=O)C(=O)NCc2ccc(Cl)cc2)cn1. The van der Waals surface area contributed by atoms with Crippen molar-refractivity contribution in [3.8, 4) is 0 Å². The molecule has 120 valence electrons. The van der Waals surface area contributed by atoms with Crippen LogP contribution in [0.25, 0.3) is 0 Å². The van der Waals surface area contributed by atoms with Crippen LogP contribution in [-0.2, 0) is 16.1 Å². The van der Waals surface area contributed by atoms with Gasteiger partial charge < -0.3 is 15.5 Å². The van der Waals surface area contributed by atoms with Crippen molar-refractivity contribution < 1.29 is 9.59 Å². The Labute approximate surface area is 139 Å². The number of hydrogen-bond acceptors (Lipinski definition) is 4.